The Morgan fingerprint density at radius 3 is 2.82 bits per heavy atom. The summed E-state index contributed by atoms with van der Waals surface area (Å²) < 4.78 is 2.11. The minimum Gasteiger partial charge on any atom is -0.350 e. The van der Waals surface area contributed by atoms with Crippen molar-refractivity contribution >= 4 is 10.9 Å². The molecule has 0 bridgehead atoms. The number of benzene rings is 1. The second-order valence-electron chi connectivity index (χ2n) is 4.54. The number of hydrogen-bond acceptors (Lipinski definition) is 1. The summed E-state index contributed by atoms with van der Waals surface area (Å²) in [6, 6.07) is 10.7. The fraction of sp³-hybridized carbons (Fsp3) is 0.400. The summed E-state index contributed by atoms with van der Waals surface area (Å²) in [6.45, 7) is 2.16. The Balaban J connectivity index is 2.44. The molecule has 0 saturated carbocycles. The van der Waals surface area contributed by atoms with E-state index in [-0.39, 0.29) is 5.92 Å². The molecule has 1 aromatic carbocycles. The number of unbranched alkanes of at least 4 members (excludes halogenated alkanes) is 1. The third kappa shape index (κ3) is 2.19. The molecule has 0 saturated heterocycles. The van der Waals surface area contributed by atoms with Gasteiger partial charge in [-0.1, -0.05) is 38.0 Å². The van der Waals surface area contributed by atoms with Crippen LogP contribution in [0.15, 0.2) is 30.5 Å². The van der Waals surface area contributed by atoms with Crippen molar-refractivity contribution in [2.75, 3.05) is 0 Å². The van der Waals surface area contributed by atoms with Crippen LogP contribution < -0.4 is 0 Å². The van der Waals surface area contributed by atoms with Crippen molar-refractivity contribution < 1.29 is 0 Å². The van der Waals surface area contributed by atoms with Gasteiger partial charge in [-0.05, 0) is 18.1 Å². The normalized spacial score (nSPS) is 12.5. The molecule has 2 nitrogen and oxygen atoms in total. The van der Waals surface area contributed by atoms with Gasteiger partial charge in [-0.15, -0.1) is 0 Å². The van der Waals surface area contributed by atoms with Gasteiger partial charge in [-0.25, -0.2) is 0 Å². The molecular weight excluding hydrogens is 208 g/mol. The van der Waals surface area contributed by atoms with Crippen LogP contribution in [0, 0.1) is 11.3 Å². The highest BCUT2D eigenvalue weighted by molar-refractivity contribution is 5.84. The summed E-state index contributed by atoms with van der Waals surface area (Å²) in [7, 11) is 2.04. The van der Waals surface area contributed by atoms with E-state index in [1.54, 1.807) is 0 Å². The Bertz CT molecular complexity index is 546. The third-order valence-electron chi connectivity index (χ3n) is 3.31. The number of rotatable bonds is 4. The molecular formula is C15H18N2. The Morgan fingerprint density at radius 2 is 2.12 bits per heavy atom. The molecule has 0 spiro atoms. The van der Waals surface area contributed by atoms with E-state index in [1.165, 1.54) is 16.5 Å². The Hall–Kier alpha value is -1.75. The van der Waals surface area contributed by atoms with Crippen molar-refractivity contribution in [3.05, 3.63) is 36.0 Å². The van der Waals surface area contributed by atoms with E-state index in [2.05, 4.69) is 35.9 Å². The highest BCUT2D eigenvalue weighted by Crippen LogP contribution is 2.29. The number of para-hydroxylation sites is 1. The molecule has 2 rings (SSSR count). The zero-order chi connectivity index (χ0) is 12.3. The third-order valence-corrected chi connectivity index (χ3v) is 3.31. The number of aromatic nitrogens is 1. The van der Waals surface area contributed by atoms with E-state index < -0.39 is 0 Å². The van der Waals surface area contributed by atoms with Gasteiger partial charge in [0.25, 0.3) is 0 Å². The predicted molar refractivity (Wildman–Crippen MR) is 70.8 cm³/mol. The maximum atomic E-state index is 9.32. The lowest BCUT2D eigenvalue weighted by Crippen LogP contribution is -1.94. The number of nitrogens with zero attached hydrogens (tertiary/aromatic N) is 2. The van der Waals surface area contributed by atoms with Gasteiger partial charge in [-0.2, -0.15) is 5.26 Å². The van der Waals surface area contributed by atoms with Crippen molar-refractivity contribution in [1.29, 1.82) is 5.26 Å². The van der Waals surface area contributed by atoms with Crippen LogP contribution in [0.1, 0.15) is 37.7 Å². The van der Waals surface area contributed by atoms with E-state index in [9.17, 15) is 5.26 Å². The second-order valence-corrected chi connectivity index (χ2v) is 4.54. The van der Waals surface area contributed by atoms with Crippen LogP contribution in [-0.2, 0) is 7.05 Å². The highest BCUT2D eigenvalue weighted by Gasteiger charge is 2.15. The lowest BCUT2D eigenvalue weighted by molar-refractivity contribution is 0.672. The molecule has 1 atom stereocenters. The van der Waals surface area contributed by atoms with Crippen LogP contribution in [-0.4, -0.2) is 4.57 Å². The van der Waals surface area contributed by atoms with E-state index in [1.807, 2.05) is 19.2 Å². The molecule has 0 radical (unpaired) electrons. The molecule has 2 aromatic rings. The SMILES string of the molecule is CCCCC(C#N)c1cn(C)c2ccccc12. The average molecular weight is 226 g/mol. The van der Waals surface area contributed by atoms with Gasteiger partial charge in [0.1, 0.15) is 0 Å². The molecule has 88 valence electrons. The molecule has 0 aliphatic carbocycles. The number of hydrogen-bond donors (Lipinski definition) is 0. The first kappa shape index (κ1) is 11.7. The molecule has 17 heavy (non-hydrogen) atoms. The summed E-state index contributed by atoms with van der Waals surface area (Å²) in [6.07, 6.45) is 5.32. The molecule has 0 aliphatic rings. The van der Waals surface area contributed by atoms with Crippen molar-refractivity contribution in [2.24, 2.45) is 7.05 Å². The molecule has 1 heterocycles. The van der Waals surface area contributed by atoms with Gasteiger partial charge >= 0.3 is 0 Å². The topological polar surface area (TPSA) is 28.7 Å². The first-order chi connectivity index (χ1) is 8.27. The van der Waals surface area contributed by atoms with Crippen molar-refractivity contribution in [2.45, 2.75) is 32.1 Å². The van der Waals surface area contributed by atoms with Crippen LogP contribution in [0.3, 0.4) is 0 Å². The predicted octanol–water partition coefficient (Wildman–Crippen LogP) is 3.98. The van der Waals surface area contributed by atoms with Crippen molar-refractivity contribution in [3.8, 4) is 6.07 Å². The molecule has 0 amide bonds. The van der Waals surface area contributed by atoms with E-state index in [0.717, 1.165) is 19.3 Å². The summed E-state index contributed by atoms with van der Waals surface area (Å²) in [4.78, 5) is 0. The van der Waals surface area contributed by atoms with E-state index in [4.69, 9.17) is 0 Å². The van der Waals surface area contributed by atoms with Gasteiger partial charge in [0.2, 0.25) is 0 Å². The molecule has 1 aromatic heterocycles. The average Bonchev–Trinajstić information content (AvgIpc) is 2.69. The summed E-state index contributed by atoms with van der Waals surface area (Å²) >= 11 is 0. The Kier molecular flexibility index (Phi) is 3.49. The zero-order valence-corrected chi connectivity index (χ0v) is 10.5. The lowest BCUT2D eigenvalue weighted by Gasteiger charge is -2.06. The fourth-order valence-corrected chi connectivity index (χ4v) is 2.35. The van der Waals surface area contributed by atoms with Crippen LogP contribution in [0.5, 0.6) is 0 Å². The minimum absolute atomic E-state index is 0.0287. The Morgan fingerprint density at radius 1 is 1.35 bits per heavy atom. The van der Waals surface area contributed by atoms with Crippen LogP contribution in [0.25, 0.3) is 10.9 Å². The van der Waals surface area contributed by atoms with E-state index in [0.29, 0.717) is 0 Å². The van der Waals surface area contributed by atoms with Gasteiger partial charge < -0.3 is 4.57 Å². The van der Waals surface area contributed by atoms with E-state index >= 15 is 0 Å². The molecule has 0 fully saturated rings. The highest BCUT2D eigenvalue weighted by atomic mass is 14.9. The fourth-order valence-electron chi connectivity index (χ4n) is 2.35. The minimum atomic E-state index is 0.0287. The first-order valence-corrected chi connectivity index (χ1v) is 6.21. The quantitative estimate of drug-likeness (QED) is 0.775. The largest absolute Gasteiger partial charge is 0.350 e. The second kappa shape index (κ2) is 5.05. The van der Waals surface area contributed by atoms with Gasteiger partial charge in [0, 0.05) is 24.1 Å². The summed E-state index contributed by atoms with van der Waals surface area (Å²) in [5.74, 6) is 0.0287. The number of nitriles is 1. The summed E-state index contributed by atoms with van der Waals surface area (Å²) in [5.41, 5.74) is 2.39. The van der Waals surface area contributed by atoms with Crippen LogP contribution in [0.2, 0.25) is 0 Å². The molecule has 0 N–H and O–H groups in total. The van der Waals surface area contributed by atoms with Crippen LogP contribution in [0.4, 0.5) is 0 Å². The molecule has 1 unspecified atom stereocenters. The maximum Gasteiger partial charge on any atom is 0.0733 e. The smallest absolute Gasteiger partial charge is 0.0733 e. The van der Waals surface area contributed by atoms with Crippen molar-refractivity contribution in [1.82, 2.24) is 4.57 Å². The monoisotopic (exact) mass is 226 g/mol. The lowest BCUT2D eigenvalue weighted by atomic mass is 9.95. The maximum absolute atomic E-state index is 9.32. The summed E-state index contributed by atoms with van der Waals surface area (Å²) in [5, 5.41) is 10.5. The van der Waals surface area contributed by atoms with Crippen molar-refractivity contribution in [3.63, 3.8) is 0 Å². The molecule has 2 heteroatoms. The molecule has 0 aliphatic heterocycles. The number of fused-ring (bicyclic) bond motifs is 1. The van der Waals surface area contributed by atoms with Gasteiger partial charge in [-0.3, -0.25) is 0 Å². The first-order valence-electron chi connectivity index (χ1n) is 6.21. The standard InChI is InChI=1S/C15H18N2/c1-3-4-7-12(10-16)14-11-17(2)15-9-6-5-8-13(14)15/h5-6,8-9,11-12H,3-4,7H2,1-2H3. The zero-order valence-electron chi connectivity index (χ0n) is 10.5. The van der Waals surface area contributed by atoms with Crippen LogP contribution >= 0.6 is 0 Å². The van der Waals surface area contributed by atoms with Gasteiger partial charge in [0.05, 0.1) is 12.0 Å². The van der Waals surface area contributed by atoms with Gasteiger partial charge in [0.15, 0.2) is 0 Å². The number of aryl methyl sites for hydroxylation is 1. The Labute approximate surface area is 102 Å².